The summed E-state index contributed by atoms with van der Waals surface area (Å²) in [5.74, 6) is -0.0870. The van der Waals surface area contributed by atoms with E-state index in [1.807, 2.05) is 18.2 Å². The third-order valence-electron chi connectivity index (χ3n) is 3.75. The molecule has 0 aliphatic carbocycles. The maximum absolute atomic E-state index is 12.6. The van der Waals surface area contributed by atoms with Crippen LogP contribution in [0.15, 0.2) is 65.6 Å². The van der Waals surface area contributed by atoms with Crippen molar-refractivity contribution in [2.24, 2.45) is 0 Å². The van der Waals surface area contributed by atoms with Crippen LogP contribution in [0.1, 0.15) is 23.3 Å². The van der Waals surface area contributed by atoms with Crippen LogP contribution in [0.2, 0.25) is 5.02 Å². The number of hydrogen-bond donors (Lipinski definition) is 0. The van der Waals surface area contributed by atoms with Gasteiger partial charge in [0.2, 0.25) is 0 Å². The number of carbonyl (C=O) groups excluding carboxylic acids is 1. The summed E-state index contributed by atoms with van der Waals surface area (Å²) in [4.78, 5) is 25.1. The Bertz CT molecular complexity index is 900. The van der Waals surface area contributed by atoms with Gasteiger partial charge in [0.15, 0.2) is 5.78 Å². The molecule has 3 rings (SSSR count). The number of halogens is 1. The smallest absolute Gasteiger partial charge is 0.259 e. The number of ketones is 1. The number of fused-ring (bicyclic) bond motifs is 1. The summed E-state index contributed by atoms with van der Waals surface area (Å²) in [5, 5.41) is 1.91. The van der Waals surface area contributed by atoms with E-state index < -0.39 is 6.04 Å². The molecule has 3 aromatic rings. The predicted octanol–water partition coefficient (Wildman–Crippen LogP) is 4.10. The van der Waals surface area contributed by atoms with E-state index in [0.717, 1.165) is 5.39 Å². The summed E-state index contributed by atoms with van der Waals surface area (Å²) in [6.45, 7) is 1.73. The summed E-state index contributed by atoms with van der Waals surface area (Å²) in [6, 6.07) is 15.3. The highest BCUT2D eigenvalue weighted by molar-refractivity contribution is 6.31. The molecule has 0 radical (unpaired) electrons. The van der Waals surface area contributed by atoms with Gasteiger partial charge in [0.05, 0.1) is 6.04 Å². The van der Waals surface area contributed by atoms with Crippen LogP contribution in [-0.2, 0) is 0 Å². The minimum Gasteiger partial charge on any atom is -0.304 e. The molecule has 0 aliphatic rings. The molecule has 1 aromatic heterocycles. The Hall–Kier alpha value is -2.39. The number of Topliss-reactive ketones (excluding diaryl/α,β-unsaturated/α-hetero) is 1. The summed E-state index contributed by atoms with van der Waals surface area (Å²) < 4.78 is 1.46. The number of carbonyl (C=O) groups is 1. The molecule has 1 heterocycles. The average molecular weight is 312 g/mol. The monoisotopic (exact) mass is 311 g/mol. The molecule has 3 nitrogen and oxygen atoms in total. The lowest BCUT2D eigenvalue weighted by Crippen LogP contribution is -2.27. The van der Waals surface area contributed by atoms with Crippen molar-refractivity contribution >= 4 is 28.2 Å². The highest BCUT2D eigenvalue weighted by Crippen LogP contribution is 2.18. The largest absolute Gasteiger partial charge is 0.304 e. The number of hydrogen-bond acceptors (Lipinski definition) is 2. The molecule has 2 aromatic carbocycles. The second-order valence-corrected chi connectivity index (χ2v) is 5.60. The van der Waals surface area contributed by atoms with Crippen LogP contribution in [-0.4, -0.2) is 10.4 Å². The standard InChI is InChI=1S/C18H14ClNO2/c1-12(17(21)13-5-3-2-4-6-13)20-10-9-14-11-15(19)7-8-16(14)18(20)22/h2-12H,1H3/t12-/m0/s1. The minimum absolute atomic E-state index is 0.0870. The molecule has 0 saturated carbocycles. The van der Waals surface area contributed by atoms with Crippen molar-refractivity contribution in [1.82, 2.24) is 4.57 Å². The Labute approximate surface area is 132 Å². The van der Waals surface area contributed by atoms with Crippen molar-refractivity contribution in [3.05, 3.63) is 81.7 Å². The van der Waals surface area contributed by atoms with E-state index in [1.165, 1.54) is 4.57 Å². The fourth-order valence-electron chi connectivity index (χ4n) is 2.51. The molecule has 110 valence electrons. The average Bonchev–Trinajstić information content (AvgIpc) is 2.54. The number of aromatic nitrogens is 1. The normalized spacial score (nSPS) is 12.3. The van der Waals surface area contributed by atoms with Crippen molar-refractivity contribution < 1.29 is 4.79 Å². The highest BCUT2D eigenvalue weighted by Gasteiger charge is 2.18. The van der Waals surface area contributed by atoms with Crippen LogP contribution in [0.5, 0.6) is 0 Å². The van der Waals surface area contributed by atoms with Gasteiger partial charge >= 0.3 is 0 Å². The zero-order valence-electron chi connectivity index (χ0n) is 12.0. The van der Waals surface area contributed by atoms with E-state index in [-0.39, 0.29) is 11.3 Å². The highest BCUT2D eigenvalue weighted by atomic mass is 35.5. The summed E-state index contributed by atoms with van der Waals surface area (Å²) in [5.41, 5.74) is 0.407. The van der Waals surface area contributed by atoms with Crippen molar-refractivity contribution in [1.29, 1.82) is 0 Å². The minimum atomic E-state index is -0.560. The van der Waals surface area contributed by atoms with Crippen LogP contribution >= 0.6 is 11.6 Å². The van der Waals surface area contributed by atoms with Gasteiger partial charge in [-0.3, -0.25) is 9.59 Å². The van der Waals surface area contributed by atoms with E-state index >= 15 is 0 Å². The van der Waals surface area contributed by atoms with E-state index in [1.54, 1.807) is 49.5 Å². The summed E-state index contributed by atoms with van der Waals surface area (Å²) in [7, 11) is 0. The van der Waals surface area contributed by atoms with Crippen molar-refractivity contribution in [3.63, 3.8) is 0 Å². The molecule has 0 aliphatic heterocycles. The number of nitrogens with zero attached hydrogens (tertiary/aromatic N) is 1. The lowest BCUT2D eigenvalue weighted by atomic mass is 10.0. The van der Waals surface area contributed by atoms with Gasteiger partial charge in [0, 0.05) is 22.2 Å². The molecule has 0 bridgehead atoms. The topological polar surface area (TPSA) is 39.1 Å². The zero-order valence-corrected chi connectivity index (χ0v) is 12.7. The van der Waals surface area contributed by atoms with Crippen LogP contribution < -0.4 is 5.56 Å². The molecule has 0 saturated heterocycles. The summed E-state index contributed by atoms with van der Waals surface area (Å²) in [6.07, 6.45) is 1.65. The van der Waals surface area contributed by atoms with Gasteiger partial charge in [-0.15, -0.1) is 0 Å². The van der Waals surface area contributed by atoms with Gasteiger partial charge in [-0.25, -0.2) is 0 Å². The van der Waals surface area contributed by atoms with E-state index in [9.17, 15) is 9.59 Å². The van der Waals surface area contributed by atoms with Gasteiger partial charge in [-0.2, -0.15) is 0 Å². The molecule has 22 heavy (non-hydrogen) atoms. The molecule has 0 spiro atoms. The number of pyridine rings is 1. The molecule has 0 amide bonds. The Morgan fingerprint density at radius 1 is 1.09 bits per heavy atom. The molecule has 4 heteroatoms. The van der Waals surface area contributed by atoms with Gasteiger partial charge in [-0.1, -0.05) is 41.9 Å². The molecule has 0 fully saturated rings. The quantitative estimate of drug-likeness (QED) is 0.683. The third kappa shape index (κ3) is 2.55. The molecule has 0 N–H and O–H groups in total. The molecule has 0 unspecified atom stereocenters. The first kappa shape index (κ1) is 14.5. The Kier molecular flexibility index (Phi) is 3.82. The number of benzene rings is 2. The molecular formula is C18H14ClNO2. The van der Waals surface area contributed by atoms with Crippen molar-refractivity contribution in [2.45, 2.75) is 13.0 Å². The van der Waals surface area contributed by atoms with Crippen LogP contribution in [0.25, 0.3) is 10.8 Å². The van der Waals surface area contributed by atoms with E-state index in [2.05, 4.69) is 0 Å². The fraction of sp³-hybridized carbons (Fsp3) is 0.111. The van der Waals surface area contributed by atoms with Gasteiger partial charge in [0.25, 0.3) is 5.56 Å². The Morgan fingerprint density at radius 3 is 2.55 bits per heavy atom. The molecular weight excluding hydrogens is 298 g/mol. The predicted molar refractivity (Wildman–Crippen MR) is 88.7 cm³/mol. The lowest BCUT2D eigenvalue weighted by molar-refractivity contribution is 0.0933. The fourth-order valence-corrected chi connectivity index (χ4v) is 2.69. The van der Waals surface area contributed by atoms with E-state index in [4.69, 9.17) is 11.6 Å². The lowest BCUT2D eigenvalue weighted by Gasteiger charge is -2.15. The van der Waals surface area contributed by atoms with Crippen LogP contribution in [0.4, 0.5) is 0 Å². The van der Waals surface area contributed by atoms with E-state index in [0.29, 0.717) is 16.0 Å². The zero-order chi connectivity index (χ0) is 15.7. The van der Waals surface area contributed by atoms with Gasteiger partial charge < -0.3 is 4.57 Å². The Balaban J connectivity index is 2.07. The maximum atomic E-state index is 12.6. The van der Waals surface area contributed by atoms with Crippen molar-refractivity contribution in [2.75, 3.05) is 0 Å². The van der Waals surface area contributed by atoms with Gasteiger partial charge in [0.1, 0.15) is 0 Å². The number of rotatable bonds is 3. The first-order chi connectivity index (χ1) is 10.6. The van der Waals surface area contributed by atoms with Crippen LogP contribution in [0, 0.1) is 0 Å². The first-order valence-corrected chi connectivity index (χ1v) is 7.35. The maximum Gasteiger partial charge on any atom is 0.259 e. The van der Waals surface area contributed by atoms with Gasteiger partial charge in [-0.05, 0) is 36.6 Å². The second kappa shape index (κ2) is 5.78. The molecule has 1 atom stereocenters. The summed E-state index contributed by atoms with van der Waals surface area (Å²) >= 11 is 5.94. The van der Waals surface area contributed by atoms with Crippen molar-refractivity contribution in [3.8, 4) is 0 Å². The first-order valence-electron chi connectivity index (χ1n) is 6.97. The SMILES string of the molecule is C[C@@H](C(=O)c1ccccc1)n1ccc2cc(Cl)ccc2c1=O. The second-order valence-electron chi connectivity index (χ2n) is 5.17. The third-order valence-corrected chi connectivity index (χ3v) is 3.98. The van der Waals surface area contributed by atoms with Crippen LogP contribution in [0.3, 0.4) is 0 Å². The Morgan fingerprint density at radius 2 is 1.82 bits per heavy atom.